The van der Waals surface area contributed by atoms with E-state index in [2.05, 4.69) is 26.6 Å². The molecule has 0 aliphatic heterocycles. The number of hydrogen-bond donors (Lipinski definition) is 2. The molecular weight excluding hydrogens is 459 g/mol. The van der Waals surface area contributed by atoms with E-state index < -0.39 is 36.1 Å². The van der Waals surface area contributed by atoms with Gasteiger partial charge >= 0.3 is 6.18 Å². The largest absolute Gasteiger partial charge is 0.407 e. The van der Waals surface area contributed by atoms with Crippen molar-refractivity contribution in [2.24, 2.45) is 5.92 Å². The molecule has 2 rings (SSSR count). The summed E-state index contributed by atoms with van der Waals surface area (Å²) in [6, 6.07) is 12.9. The van der Waals surface area contributed by atoms with Crippen molar-refractivity contribution in [1.29, 1.82) is 5.26 Å². The lowest BCUT2D eigenvalue weighted by atomic mass is 9.98. The number of nitrogens with zero attached hydrogens (tertiary/aromatic N) is 1. The average Bonchev–Trinajstić information content (AvgIpc) is 2.68. The molecule has 0 bridgehead atoms. The molecule has 30 heavy (non-hydrogen) atoms. The first kappa shape index (κ1) is 23.9. The number of nitrogens with one attached hydrogen (secondary N) is 2. The summed E-state index contributed by atoms with van der Waals surface area (Å²) in [6.45, 7) is 3.32. The topological polar surface area (TPSA) is 64.9 Å². The molecule has 1 amide bonds. The normalized spacial score (nSPS) is 14.6. The molecule has 0 spiro atoms. The lowest BCUT2D eigenvalue weighted by Crippen LogP contribution is -2.53. The summed E-state index contributed by atoms with van der Waals surface area (Å²) in [7, 11) is 0. The molecule has 0 unspecified atom stereocenters. The van der Waals surface area contributed by atoms with Crippen LogP contribution in [0.25, 0.3) is 0 Å². The van der Waals surface area contributed by atoms with Gasteiger partial charge in [0.1, 0.15) is 12.1 Å². The van der Waals surface area contributed by atoms with E-state index in [0.29, 0.717) is 4.47 Å². The molecule has 0 aliphatic carbocycles. The van der Waals surface area contributed by atoms with Crippen molar-refractivity contribution < 1.29 is 18.0 Å². The van der Waals surface area contributed by atoms with Crippen LogP contribution in [0.15, 0.2) is 59.1 Å². The zero-order valence-electron chi connectivity index (χ0n) is 16.6. The van der Waals surface area contributed by atoms with Crippen LogP contribution in [0.2, 0.25) is 0 Å². The predicted molar refractivity (Wildman–Crippen MR) is 112 cm³/mol. The lowest BCUT2D eigenvalue weighted by molar-refractivity contribution is -0.161. The van der Waals surface area contributed by atoms with Crippen molar-refractivity contribution in [3.05, 3.63) is 70.2 Å². The average molecular weight is 482 g/mol. The van der Waals surface area contributed by atoms with Crippen molar-refractivity contribution in [2.75, 3.05) is 0 Å². The standard InChI is InChI=1S/C22H23BrF3N3O/c1-14(2)19(21(30)28-18(13-27)12-15-6-4-3-5-7-15)29-20(22(24,25)26)16-8-10-17(23)11-9-16/h3-11,14,18-20,29H,12H2,1-2H3,(H,28,30)/t18-,19-,20-/m0/s1. The van der Waals surface area contributed by atoms with Crippen LogP contribution in [-0.4, -0.2) is 24.2 Å². The van der Waals surface area contributed by atoms with Crippen LogP contribution in [0.3, 0.4) is 0 Å². The Labute approximate surface area is 182 Å². The summed E-state index contributed by atoms with van der Waals surface area (Å²) < 4.78 is 41.9. The number of hydrogen-bond acceptors (Lipinski definition) is 3. The Morgan fingerprint density at radius 2 is 1.70 bits per heavy atom. The molecule has 0 radical (unpaired) electrons. The molecule has 4 nitrogen and oxygen atoms in total. The molecular formula is C22H23BrF3N3O. The Bertz CT molecular complexity index is 864. The van der Waals surface area contributed by atoms with Crippen LogP contribution in [-0.2, 0) is 11.2 Å². The highest BCUT2D eigenvalue weighted by atomic mass is 79.9. The van der Waals surface area contributed by atoms with E-state index in [-0.39, 0.29) is 12.0 Å². The fraction of sp³-hybridized carbons (Fsp3) is 0.364. The van der Waals surface area contributed by atoms with E-state index in [0.717, 1.165) is 5.56 Å². The Balaban J connectivity index is 2.18. The highest BCUT2D eigenvalue weighted by Gasteiger charge is 2.43. The third-order valence-electron chi connectivity index (χ3n) is 4.58. The molecule has 2 aromatic rings. The van der Waals surface area contributed by atoms with Gasteiger partial charge in [0.05, 0.1) is 12.1 Å². The first-order valence-electron chi connectivity index (χ1n) is 9.44. The Morgan fingerprint density at radius 1 is 1.10 bits per heavy atom. The van der Waals surface area contributed by atoms with E-state index in [4.69, 9.17) is 0 Å². The molecule has 0 fully saturated rings. The summed E-state index contributed by atoms with van der Waals surface area (Å²) in [5.74, 6) is -1.07. The highest BCUT2D eigenvalue weighted by molar-refractivity contribution is 9.10. The smallest absolute Gasteiger partial charge is 0.339 e. The fourth-order valence-corrected chi connectivity index (χ4v) is 3.29. The van der Waals surface area contributed by atoms with Crippen molar-refractivity contribution in [1.82, 2.24) is 10.6 Å². The second kappa shape index (κ2) is 10.6. The minimum Gasteiger partial charge on any atom is -0.339 e. The molecule has 0 aromatic heterocycles. The quantitative estimate of drug-likeness (QED) is 0.562. The van der Waals surface area contributed by atoms with Gasteiger partial charge in [-0.05, 0) is 29.2 Å². The minimum atomic E-state index is -4.60. The number of benzene rings is 2. The number of halogens is 4. The lowest BCUT2D eigenvalue weighted by Gasteiger charge is -2.30. The van der Waals surface area contributed by atoms with Gasteiger partial charge in [-0.15, -0.1) is 0 Å². The Morgan fingerprint density at radius 3 is 2.20 bits per heavy atom. The van der Waals surface area contributed by atoms with Crippen LogP contribution >= 0.6 is 15.9 Å². The molecule has 3 atom stereocenters. The number of carbonyl (C=O) groups excluding carboxylic acids is 1. The molecule has 0 saturated carbocycles. The van der Waals surface area contributed by atoms with Crippen molar-refractivity contribution in [2.45, 2.75) is 44.6 Å². The number of alkyl halides is 3. The molecule has 2 aromatic carbocycles. The van der Waals surface area contributed by atoms with E-state index in [1.54, 1.807) is 13.8 Å². The predicted octanol–water partition coefficient (Wildman–Crippen LogP) is 4.92. The molecule has 160 valence electrons. The van der Waals surface area contributed by atoms with E-state index in [1.165, 1.54) is 24.3 Å². The summed E-state index contributed by atoms with van der Waals surface area (Å²) in [5.41, 5.74) is 0.853. The van der Waals surface area contributed by atoms with Gasteiger partial charge in [-0.1, -0.05) is 72.2 Å². The van der Waals surface area contributed by atoms with E-state index in [1.807, 2.05) is 36.4 Å². The Kier molecular flexibility index (Phi) is 8.44. The van der Waals surface area contributed by atoms with Gasteiger partial charge in [-0.3, -0.25) is 10.1 Å². The third-order valence-corrected chi connectivity index (χ3v) is 5.11. The zero-order chi connectivity index (χ0) is 22.3. The molecule has 0 heterocycles. The summed E-state index contributed by atoms with van der Waals surface area (Å²) >= 11 is 3.21. The second-order valence-electron chi connectivity index (χ2n) is 7.29. The first-order chi connectivity index (χ1) is 14.1. The number of carbonyl (C=O) groups is 1. The SMILES string of the molecule is CC(C)[C@H](N[C@@H](c1ccc(Br)cc1)C(F)(F)F)C(=O)N[C@H](C#N)Cc1ccccc1. The maximum atomic E-state index is 13.8. The van der Waals surface area contributed by atoms with Crippen LogP contribution < -0.4 is 10.6 Å². The monoisotopic (exact) mass is 481 g/mol. The van der Waals surface area contributed by atoms with E-state index in [9.17, 15) is 23.2 Å². The maximum absolute atomic E-state index is 13.8. The summed E-state index contributed by atoms with van der Waals surface area (Å²) in [4.78, 5) is 12.8. The molecule has 0 saturated heterocycles. The van der Waals surface area contributed by atoms with Gasteiger partial charge in [-0.2, -0.15) is 18.4 Å². The Hall–Kier alpha value is -2.37. The van der Waals surface area contributed by atoms with Crippen LogP contribution in [0.4, 0.5) is 13.2 Å². The minimum absolute atomic E-state index is 0.00488. The second-order valence-corrected chi connectivity index (χ2v) is 8.21. The van der Waals surface area contributed by atoms with Gasteiger partial charge in [-0.25, -0.2) is 0 Å². The van der Waals surface area contributed by atoms with Gasteiger partial charge in [0.15, 0.2) is 0 Å². The van der Waals surface area contributed by atoms with Gasteiger partial charge in [0.25, 0.3) is 0 Å². The van der Waals surface area contributed by atoms with Crippen LogP contribution in [0, 0.1) is 17.2 Å². The number of nitriles is 1. The number of rotatable bonds is 8. The van der Waals surface area contributed by atoms with Crippen LogP contribution in [0.1, 0.15) is 31.0 Å². The fourth-order valence-electron chi connectivity index (χ4n) is 3.03. The van der Waals surface area contributed by atoms with Gasteiger partial charge in [0, 0.05) is 10.9 Å². The molecule has 0 aliphatic rings. The molecule has 2 N–H and O–H groups in total. The molecule has 8 heteroatoms. The summed E-state index contributed by atoms with van der Waals surface area (Å²) in [6.07, 6.45) is -4.33. The van der Waals surface area contributed by atoms with Crippen molar-refractivity contribution in [3.63, 3.8) is 0 Å². The summed E-state index contributed by atoms with van der Waals surface area (Å²) in [5, 5.41) is 14.4. The zero-order valence-corrected chi connectivity index (χ0v) is 18.2. The highest BCUT2D eigenvalue weighted by Crippen LogP contribution is 2.34. The van der Waals surface area contributed by atoms with E-state index >= 15 is 0 Å². The number of amides is 1. The third kappa shape index (κ3) is 6.85. The van der Waals surface area contributed by atoms with Crippen molar-refractivity contribution in [3.8, 4) is 6.07 Å². The van der Waals surface area contributed by atoms with Crippen molar-refractivity contribution >= 4 is 21.8 Å². The van der Waals surface area contributed by atoms with Gasteiger partial charge < -0.3 is 5.32 Å². The van der Waals surface area contributed by atoms with Gasteiger partial charge in [0.2, 0.25) is 5.91 Å². The first-order valence-corrected chi connectivity index (χ1v) is 10.2. The van der Waals surface area contributed by atoms with Crippen LogP contribution in [0.5, 0.6) is 0 Å². The maximum Gasteiger partial charge on any atom is 0.407 e.